The van der Waals surface area contributed by atoms with Crippen molar-refractivity contribution in [1.29, 1.82) is 0 Å². The van der Waals surface area contributed by atoms with Gasteiger partial charge in [0.15, 0.2) is 0 Å². The molecule has 1 aromatic rings. The Balaban J connectivity index is 0.00000121. The predicted molar refractivity (Wildman–Crippen MR) is 42.8 cm³/mol. The molecule has 1 aromatic carbocycles. The van der Waals surface area contributed by atoms with Gasteiger partial charge in [-0.25, -0.2) is 0 Å². The molecule has 0 aliphatic rings. The molecule has 0 N–H and O–H groups in total. The molecule has 4 heteroatoms. The van der Waals surface area contributed by atoms with Gasteiger partial charge in [0.1, 0.15) is 0 Å². The van der Waals surface area contributed by atoms with Gasteiger partial charge in [-0.05, 0) is 0 Å². The average Bonchev–Trinajstić information content (AvgIpc) is 2.05. The summed E-state index contributed by atoms with van der Waals surface area (Å²) in [7, 11) is 0. The van der Waals surface area contributed by atoms with E-state index in [1.165, 1.54) is 0 Å². The van der Waals surface area contributed by atoms with Crippen molar-refractivity contribution in [2.24, 2.45) is 0 Å². The van der Waals surface area contributed by atoms with Crippen LogP contribution in [0.1, 0.15) is 10.4 Å². The Labute approximate surface area is 94.5 Å². The maximum atomic E-state index is 10.7. The molecule has 0 aromatic heterocycles. The fourth-order valence-corrected chi connectivity index (χ4v) is 0.958. The van der Waals surface area contributed by atoms with E-state index in [0.717, 1.165) is 0 Å². The Morgan fingerprint density at radius 1 is 1.33 bits per heavy atom. The third-order valence-corrected chi connectivity index (χ3v) is 1.73. The van der Waals surface area contributed by atoms with Crippen molar-refractivity contribution in [3.05, 3.63) is 41.2 Å². The summed E-state index contributed by atoms with van der Waals surface area (Å²) in [6.07, 6.45) is 0. The molecular weight excluding hydrogens is 402 g/mol. The van der Waals surface area contributed by atoms with Crippen molar-refractivity contribution < 1.29 is 27.2 Å². The van der Waals surface area contributed by atoms with E-state index in [1.807, 2.05) is 0 Å². The SMILES string of the molecule is [Au].[C-]#[N+]c1ccc(C(=O)[Se])cc1. The van der Waals surface area contributed by atoms with Crippen LogP contribution in [0.5, 0.6) is 0 Å². The number of nitrogens with zero attached hydrogens (tertiary/aromatic N) is 1. The van der Waals surface area contributed by atoms with Gasteiger partial charge in [-0.15, -0.1) is 0 Å². The molecule has 0 unspecified atom stereocenters. The third-order valence-electron chi connectivity index (χ3n) is 1.23. The molecule has 64 valence electrons. The van der Waals surface area contributed by atoms with Gasteiger partial charge in [0.05, 0.1) is 0 Å². The number of rotatable bonds is 1. The van der Waals surface area contributed by atoms with Crippen molar-refractivity contribution in [1.82, 2.24) is 0 Å². The van der Waals surface area contributed by atoms with E-state index in [1.54, 1.807) is 24.3 Å². The number of benzene rings is 1. The summed E-state index contributed by atoms with van der Waals surface area (Å²) in [5, 5.41) is 0. The number of carbonyl (C=O) groups is 1. The van der Waals surface area contributed by atoms with Gasteiger partial charge in [-0.1, -0.05) is 0 Å². The van der Waals surface area contributed by atoms with Crippen molar-refractivity contribution in [2.75, 3.05) is 0 Å². The van der Waals surface area contributed by atoms with Crippen molar-refractivity contribution in [3.63, 3.8) is 0 Å². The Kier molecular flexibility index (Phi) is 5.15. The van der Waals surface area contributed by atoms with Crippen LogP contribution in [0.25, 0.3) is 4.85 Å². The molecule has 12 heavy (non-hydrogen) atoms. The topological polar surface area (TPSA) is 21.4 Å². The zero-order valence-electron chi connectivity index (χ0n) is 5.87. The zero-order chi connectivity index (χ0) is 8.27. The minimum absolute atomic E-state index is 0. The van der Waals surface area contributed by atoms with E-state index in [9.17, 15) is 4.79 Å². The molecular formula is C8H4AuNOSe. The van der Waals surface area contributed by atoms with E-state index in [4.69, 9.17) is 6.57 Å². The van der Waals surface area contributed by atoms with Gasteiger partial charge >= 0.3 is 72.4 Å². The summed E-state index contributed by atoms with van der Waals surface area (Å²) in [4.78, 5) is 13.9. The standard InChI is InChI=1S/C8H4NOSe.Au/c1-9-7-4-2-6(3-5-7)8(10)11;/h2-5H;. The first-order chi connectivity index (χ1) is 5.24. The molecule has 2 radical (unpaired) electrons. The van der Waals surface area contributed by atoms with Crippen LogP contribution in [0, 0.1) is 6.57 Å². The second-order valence-corrected chi connectivity index (χ2v) is 2.72. The summed E-state index contributed by atoms with van der Waals surface area (Å²) in [6.45, 7) is 6.65. The van der Waals surface area contributed by atoms with Gasteiger partial charge in [0, 0.05) is 22.4 Å². The van der Waals surface area contributed by atoms with Crippen LogP contribution in [0.15, 0.2) is 24.3 Å². The molecule has 0 saturated carbocycles. The van der Waals surface area contributed by atoms with Crippen molar-refractivity contribution in [3.8, 4) is 0 Å². The third kappa shape index (κ3) is 2.94. The molecule has 0 bridgehead atoms. The Hall–Kier alpha value is -0.360. The molecule has 0 amide bonds. The van der Waals surface area contributed by atoms with Gasteiger partial charge in [-0.3, -0.25) is 0 Å². The molecule has 2 nitrogen and oxygen atoms in total. The van der Waals surface area contributed by atoms with Gasteiger partial charge < -0.3 is 0 Å². The zero-order valence-corrected chi connectivity index (χ0v) is 9.75. The van der Waals surface area contributed by atoms with Crippen LogP contribution < -0.4 is 0 Å². The Morgan fingerprint density at radius 3 is 2.17 bits per heavy atom. The molecule has 0 spiro atoms. The van der Waals surface area contributed by atoms with Crippen LogP contribution in [-0.2, 0) is 22.4 Å². The summed E-state index contributed by atoms with van der Waals surface area (Å²) in [5.74, 6) is 0. The Morgan fingerprint density at radius 2 is 1.83 bits per heavy atom. The molecule has 1 rings (SSSR count). The number of carbonyl (C=O) groups excluding carboxylic acids is 1. The molecule has 0 saturated heterocycles. The molecule has 0 atom stereocenters. The fraction of sp³-hybridized carbons (Fsp3) is 0. The minimum atomic E-state index is -0.0958. The average molecular weight is 406 g/mol. The fourth-order valence-electron chi connectivity index (χ4n) is 0.672. The maximum absolute atomic E-state index is 10.7. The summed E-state index contributed by atoms with van der Waals surface area (Å²) in [5.41, 5.74) is 1.15. The summed E-state index contributed by atoms with van der Waals surface area (Å²) < 4.78 is -0.0958. The van der Waals surface area contributed by atoms with Gasteiger partial charge in [0.2, 0.25) is 0 Å². The van der Waals surface area contributed by atoms with E-state index in [-0.39, 0.29) is 27.1 Å². The predicted octanol–water partition coefficient (Wildman–Crippen LogP) is 1.54. The van der Waals surface area contributed by atoms with Crippen LogP contribution >= 0.6 is 0 Å². The second-order valence-electron chi connectivity index (χ2n) is 1.95. The van der Waals surface area contributed by atoms with Crippen LogP contribution in [0.2, 0.25) is 0 Å². The summed E-state index contributed by atoms with van der Waals surface area (Å²) in [6, 6.07) is 6.51. The van der Waals surface area contributed by atoms with E-state index < -0.39 is 0 Å². The molecule has 0 aliphatic carbocycles. The first-order valence-electron chi connectivity index (χ1n) is 2.93. The van der Waals surface area contributed by atoms with E-state index in [2.05, 4.69) is 20.9 Å². The first kappa shape index (κ1) is 11.6. The van der Waals surface area contributed by atoms with Crippen LogP contribution in [0.4, 0.5) is 5.69 Å². The quantitative estimate of drug-likeness (QED) is 0.513. The van der Waals surface area contributed by atoms with Crippen LogP contribution in [0.3, 0.4) is 0 Å². The molecule has 0 fully saturated rings. The Bertz CT molecular complexity index is 315. The molecule has 0 heterocycles. The van der Waals surface area contributed by atoms with Gasteiger partial charge in [-0.2, -0.15) is 0 Å². The van der Waals surface area contributed by atoms with Crippen LogP contribution in [-0.4, -0.2) is 20.7 Å². The molecule has 0 aliphatic heterocycles. The monoisotopic (exact) mass is 407 g/mol. The normalized spacial score (nSPS) is 7.92. The summed E-state index contributed by atoms with van der Waals surface area (Å²) >= 11 is 2.38. The van der Waals surface area contributed by atoms with Gasteiger partial charge in [0.25, 0.3) is 0 Å². The number of hydrogen-bond acceptors (Lipinski definition) is 1. The van der Waals surface area contributed by atoms with Crippen molar-refractivity contribution >= 4 is 26.4 Å². The first-order valence-corrected chi connectivity index (χ1v) is 3.78. The van der Waals surface area contributed by atoms with E-state index >= 15 is 0 Å². The second kappa shape index (κ2) is 5.31. The number of hydrogen-bond donors (Lipinski definition) is 0. The van der Waals surface area contributed by atoms with Crippen molar-refractivity contribution in [2.45, 2.75) is 0 Å². The van der Waals surface area contributed by atoms with E-state index in [0.29, 0.717) is 11.3 Å².